The Morgan fingerprint density at radius 2 is 2.00 bits per heavy atom. The van der Waals surface area contributed by atoms with Crippen LogP contribution in [0.2, 0.25) is 0 Å². The molecule has 1 aliphatic rings. The van der Waals surface area contributed by atoms with E-state index in [2.05, 4.69) is 5.32 Å². The molecule has 1 heterocycles. The van der Waals surface area contributed by atoms with Gasteiger partial charge in [0.2, 0.25) is 10.0 Å². The summed E-state index contributed by atoms with van der Waals surface area (Å²) in [7, 11) is -3.41. The lowest BCUT2D eigenvalue weighted by molar-refractivity contribution is -0.385. The van der Waals surface area contributed by atoms with Gasteiger partial charge >= 0.3 is 0 Å². The van der Waals surface area contributed by atoms with E-state index in [9.17, 15) is 23.3 Å². The topological polar surface area (TPSA) is 110 Å². The lowest BCUT2D eigenvalue weighted by Gasteiger charge is -2.30. The molecule has 0 bridgehead atoms. The summed E-state index contributed by atoms with van der Waals surface area (Å²) in [5.74, 6) is -0.500. The van der Waals surface area contributed by atoms with Crippen LogP contribution in [0.1, 0.15) is 34.8 Å². The van der Waals surface area contributed by atoms with Gasteiger partial charge in [-0.05, 0) is 50.5 Å². The fraction of sp³-hybridized carbons (Fsp3) is 0.316. The maximum atomic E-state index is 12.5. The zero-order valence-corrected chi connectivity index (χ0v) is 16.5. The monoisotopic (exact) mass is 403 g/mol. The van der Waals surface area contributed by atoms with E-state index in [1.165, 1.54) is 22.5 Å². The minimum atomic E-state index is -3.41. The number of hydrogen-bond acceptors (Lipinski definition) is 5. The van der Waals surface area contributed by atoms with E-state index in [-0.39, 0.29) is 17.0 Å². The zero-order chi connectivity index (χ0) is 20.5. The molecule has 0 unspecified atom stereocenters. The Kier molecular flexibility index (Phi) is 5.37. The van der Waals surface area contributed by atoms with Crippen LogP contribution in [0.25, 0.3) is 0 Å². The molecule has 0 radical (unpaired) electrons. The number of nitro benzene ring substituents is 1. The number of benzene rings is 2. The highest BCUT2D eigenvalue weighted by Crippen LogP contribution is 2.32. The highest BCUT2D eigenvalue weighted by atomic mass is 32.2. The molecule has 28 heavy (non-hydrogen) atoms. The largest absolute Gasteiger partial charge is 0.322 e. The van der Waals surface area contributed by atoms with Gasteiger partial charge in [0.05, 0.1) is 16.4 Å². The molecular formula is C19H21N3O5S. The number of fused-ring (bicyclic) bond motifs is 1. The first-order valence-corrected chi connectivity index (χ1v) is 10.5. The molecule has 1 aliphatic heterocycles. The zero-order valence-electron chi connectivity index (χ0n) is 15.6. The summed E-state index contributed by atoms with van der Waals surface area (Å²) in [4.78, 5) is 23.1. The van der Waals surface area contributed by atoms with Crippen LogP contribution in [0.4, 0.5) is 17.1 Å². The van der Waals surface area contributed by atoms with Gasteiger partial charge in [-0.2, -0.15) is 0 Å². The van der Waals surface area contributed by atoms with Crippen LogP contribution in [0.3, 0.4) is 0 Å². The molecule has 1 N–H and O–H groups in total. The van der Waals surface area contributed by atoms with E-state index in [1.807, 2.05) is 0 Å². The molecule has 0 fully saturated rings. The SMILES string of the molecule is CCS(=O)(=O)N1CCCc2ccc(NC(=O)c3ccc(C)c([N+](=O)[O-])c3)cc21. The van der Waals surface area contributed by atoms with Crippen LogP contribution in [0, 0.1) is 17.0 Å². The maximum Gasteiger partial charge on any atom is 0.273 e. The van der Waals surface area contributed by atoms with Gasteiger partial charge in [-0.3, -0.25) is 19.2 Å². The number of hydrogen-bond donors (Lipinski definition) is 1. The average molecular weight is 403 g/mol. The lowest BCUT2D eigenvalue weighted by atomic mass is 10.0. The molecule has 2 aromatic rings. The molecule has 0 aliphatic carbocycles. The normalized spacial score (nSPS) is 13.7. The Bertz CT molecular complexity index is 1050. The van der Waals surface area contributed by atoms with Gasteiger partial charge in [0, 0.05) is 29.4 Å². The van der Waals surface area contributed by atoms with Crippen molar-refractivity contribution in [1.29, 1.82) is 0 Å². The lowest BCUT2D eigenvalue weighted by Crippen LogP contribution is -2.36. The van der Waals surface area contributed by atoms with Crippen molar-refractivity contribution in [2.45, 2.75) is 26.7 Å². The summed E-state index contributed by atoms with van der Waals surface area (Å²) in [6.07, 6.45) is 1.51. The average Bonchev–Trinajstić information content (AvgIpc) is 2.67. The molecule has 0 saturated heterocycles. The van der Waals surface area contributed by atoms with Crippen LogP contribution in [0.5, 0.6) is 0 Å². The number of aryl methyl sites for hydroxylation is 2. The van der Waals surface area contributed by atoms with Crippen molar-refractivity contribution in [2.75, 3.05) is 21.9 Å². The first-order chi connectivity index (χ1) is 13.2. The number of anilines is 2. The Morgan fingerprint density at radius 1 is 1.25 bits per heavy atom. The van der Waals surface area contributed by atoms with Crippen molar-refractivity contribution in [3.05, 3.63) is 63.2 Å². The number of sulfonamides is 1. The second-order valence-corrected chi connectivity index (χ2v) is 8.81. The molecule has 1 amide bonds. The van der Waals surface area contributed by atoms with Crippen molar-refractivity contribution < 1.29 is 18.1 Å². The quantitative estimate of drug-likeness (QED) is 0.609. The first-order valence-electron chi connectivity index (χ1n) is 8.92. The predicted molar refractivity (Wildman–Crippen MR) is 107 cm³/mol. The summed E-state index contributed by atoms with van der Waals surface area (Å²) >= 11 is 0. The third-order valence-corrected chi connectivity index (χ3v) is 6.57. The smallest absolute Gasteiger partial charge is 0.273 e. The van der Waals surface area contributed by atoms with Crippen LogP contribution in [0.15, 0.2) is 36.4 Å². The Hall–Kier alpha value is -2.94. The molecule has 0 aromatic heterocycles. The third kappa shape index (κ3) is 3.84. The van der Waals surface area contributed by atoms with Gasteiger partial charge in [-0.1, -0.05) is 12.1 Å². The molecule has 3 rings (SSSR count). The van der Waals surface area contributed by atoms with Gasteiger partial charge in [0.15, 0.2) is 0 Å². The van der Waals surface area contributed by atoms with Crippen LogP contribution >= 0.6 is 0 Å². The van der Waals surface area contributed by atoms with Crippen LogP contribution in [-0.2, 0) is 16.4 Å². The van der Waals surface area contributed by atoms with E-state index in [1.54, 1.807) is 32.0 Å². The maximum absolute atomic E-state index is 12.5. The molecular weight excluding hydrogens is 382 g/mol. The predicted octanol–water partition coefficient (Wildman–Crippen LogP) is 3.26. The molecule has 0 saturated carbocycles. The fourth-order valence-corrected chi connectivity index (χ4v) is 4.40. The second kappa shape index (κ2) is 7.59. The summed E-state index contributed by atoms with van der Waals surface area (Å²) in [6, 6.07) is 9.43. The van der Waals surface area contributed by atoms with Crippen molar-refractivity contribution in [3.63, 3.8) is 0 Å². The fourth-order valence-electron chi connectivity index (χ4n) is 3.21. The molecule has 148 valence electrons. The second-order valence-electron chi connectivity index (χ2n) is 6.63. The number of nitrogens with zero attached hydrogens (tertiary/aromatic N) is 2. The van der Waals surface area contributed by atoms with E-state index < -0.39 is 20.9 Å². The van der Waals surface area contributed by atoms with Gasteiger partial charge < -0.3 is 5.32 Å². The van der Waals surface area contributed by atoms with Gasteiger partial charge in [0.1, 0.15) is 0 Å². The number of amides is 1. The number of nitrogens with one attached hydrogen (secondary N) is 1. The van der Waals surface area contributed by atoms with Gasteiger partial charge in [0.25, 0.3) is 11.6 Å². The van der Waals surface area contributed by atoms with E-state index in [0.717, 1.165) is 18.4 Å². The molecule has 0 spiro atoms. The number of nitro groups is 1. The van der Waals surface area contributed by atoms with E-state index in [0.29, 0.717) is 23.5 Å². The number of carbonyl (C=O) groups is 1. The number of carbonyl (C=O) groups excluding carboxylic acids is 1. The van der Waals surface area contributed by atoms with Crippen LogP contribution < -0.4 is 9.62 Å². The molecule has 2 aromatic carbocycles. The summed E-state index contributed by atoms with van der Waals surface area (Å²) < 4.78 is 26.1. The highest BCUT2D eigenvalue weighted by molar-refractivity contribution is 7.92. The standard InChI is InChI=1S/C19H21N3O5S/c1-3-28(26,27)21-10-4-5-14-8-9-16(12-18(14)21)20-19(23)15-7-6-13(2)17(11-15)22(24)25/h6-9,11-12H,3-5,10H2,1-2H3,(H,20,23). The summed E-state index contributed by atoms with van der Waals surface area (Å²) in [5, 5.41) is 13.8. The third-order valence-electron chi connectivity index (χ3n) is 4.79. The Balaban J connectivity index is 1.90. The first kappa shape index (κ1) is 19.8. The summed E-state index contributed by atoms with van der Waals surface area (Å²) in [6.45, 7) is 3.61. The minimum Gasteiger partial charge on any atom is -0.322 e. The van der Waals surface area contributed by atoms with E-state index >= 15 is 0 Å². The Morgan fingerprint density at radius 3 is 2.68 bits per heavy atom. The van der Waals surface area contributed by atoms with Gasteiger partial charge in [-0.25, -0.2) is 8.42 Å². The Labute approximate surface area is 163 Å². The van der Waals surface area contributed by atoms with Crippen molar-refractivity contribution in [3.8, 4) is 0 Å². The minimum absolute atomic E-state index is 0.00391. The molecule has 0 atom stereocenters. The van der Waals surface area contributed by atoms with E-state index in [4.69, 9.17) is 0 Å². The van der Waals surface area contributed by atoms with Crippen LogP contribution in [-0.4, -0.2) is 31.5 Å². The molecule has 8 nitrogen and oxygen atoms in total. The highest BCUT2D eigenvalue weighted by Gasteiger charge is 2.26. The molecule has 9 heteroatoms. The van der Waals surface area contributed by atoms with Crippen molar-refractivity contribution in [1.82, 2.24) is 0 Å². The van der Waals surface area contributed by atoms with Crippen molar-refractivity contribution >= 4 is 33.0 Å². The van der Waals surface area contributed by atoms with Gasteiger partial charge in [-0.15, -0.1) is 0 Å². The number of rotatable bonds is 5. The summed E-state index contributed by atoms with van der Waals surface area (Å²) in [5.41, 5.74) is 2.42. The van der Waals surface area contributed by atoms with Crippen molar-refractivity contribution in [2.24, 2.45) is 0 Å².